The van der Waals surface area contributed by atoms with E-state index in [1.54, 1.807) is 11.8 Å². The molecule has 0 heterocycles. The van der Waals surface area contributed by atoms with Crippen LogP contribution in [-0.4, -0.2) is 0 Å². The molecule has 0 aliphatic heterocycles. The molecular weight excluding hydrogens is 483 g/mol. The summed E-state index contributed by atoms with van der Waals surface area (Å²) in [7, 11) is 0. The van der Waals surface area contributed by atoms with E-state index in [1.165, 1.54) is 20.9 Å². The van der Waals surface area contributed by atoms with E-state index in [1.807, 2.05) is 54.6 Å². The van der Waals surface area contributed by atoms with E-state index >= 15 is 0 Å². The lowest BCUT2D eigenvalue weighted by Crippen LogP contribution is -1.73. The summed E-state index contributed by atoms with van der Waals surface area (Å²) in [4.78, 5) is 2.45. The van der Waals surface area contributed by atoms with Gasteiger partial charge < -0.3 is 0 Å². The lowest BCUT2D eigenvalue weighted by atomic mass is 10.1. The van der Waals surface area contributed by atoms with E-state index < -0.39 is 0 Å². The van der Waals surface area contributed by atoms with Crippen molar-refractivity contribution in [3.8, 4) is 11.1 Å². The van der Waals surface area contributed by atoms with Gasteiger partial charge in [-0.05, 0) is 47.5 Å². The van der Waals surface area contributed by atoms with Gasteiger partial charge in [0.2, 0.25) is 0 Å². The van der Waals surface area contributed by atoms with Crippen LogP contribution >= 0.6 is 47.3 Å². The molecule has 0 aliphatic carbocycles. The van der Waals surface area contributed by atoms with Crippen molar-refractivity contribution in [3.63, 3.8) is 0 Å². The van der Waals surface area contributed by atoms with E-state index in [4.69, 9.17) is 11.6 Å². The van der Waals surface area contributed by atoms with Gasteiger partial charge in [0.15, 0.2) is 0 Å². The van der Waals surface area contributed by atoms with E-state index in [-0.39, 0.29) is 24.0 Å². The molecule has 4 aromatic rings. The Balaban J connectivity index is 0.000000189. The van der Waals surface area contributed by atoms with Gasteiger partial charge in [0, 0.05) is 14.8 Å². The molecule has 4 rings (SSSR count). The van der Waals surface area contributed by atoms with Crippen molar-refractivity contribution >= 4 is 47.3 Å². The molecule has 0 fully saturated rings. The Labute approximate surface area is 187 Å². The van der Waals surface area contributed by atoms with Gasteiger partial charge >= 0.3 is 0 Å². The van der Waals surface area contributed by atoms with Crippen LogP contribution in [-0.2, 0) is 0 Å². The fourth-order valence-corrected chi connectivity index (χ4v) is 3.35. The van der Waals surface area contributed by atoms with Gasteiger partial charge in [-0.2, -0.15) is 0 Å². The van der Waals surface area contributed by atoms with Crippen LogP contribution < -0.4 is 0 Å². The molecule has 0 amide bonds. The van der Waals surface area contributed by atoms with E-state index in [0.29, 0.717) is 0 Å². The van der Waals surface area contributed by atoms with Gasteiger partial charge in [-0.3, -0.25) is 0 Å². The summed E-state index contributed by atoms with van der Waals surface area (Å²) < 4.78 is 0. The average molecular weight is 503 g/mol. The summed E-state index contributed by atoms with van der Waals surface area (Å²) in [6.07, 6.45) is 0. The molecule has 0 unspecified atom stereocenters. The molecule has 0 atom stereocenters. The molecule has 27 heavy (non-hydrogen) atoms. The lowest BCUT2D eigenvalue weighted by Gasteiger charge is -2.00. The topological polar surface area (TPSA) is 0 Å². The Morgan fingerprint density at radius 3 is 1.26 bits per heavy atom. The number of rotatable bonds is 3. The molecule has 0 nitrogen and oxygen atoms in total. The molecule has 0 radical (unpaired) electrons. The second kappa shape index (κ2) is 11.9. The van der Waals surface area contributed by atoms with Crippen molar-refractivity contribution in [2.24, 2.45) is 0 Å². The zero-order valence-corrected chi connectivity index (χ0v) is 18.6. The third-order valence-electron chi connectivity index (χ3n) is 3.67. The molecule has 4 aromatic carbocycles. The van der Waals surface area contributed by atoms with E-state index in [9.17, 15) is 0 Å². The van der Waals surface area contributed by atoms with Crippen molar-refractivity contribution in [2.45, 2.75) is 9.79 Å². The minimum Gasteiger partial charge on any atom is -0.107 e. The fourth-order valence-electron chi connectivity index (χ4n) is 2.39. The predicted octanol–water partition coefficient (Wildman–Crippen LogP) is 8.46. The third-order valence-corrected chi connectivity index (χ3v) is 4.94. The maximum atomic E-state index is 5.81. The largest absolute Gasteiger partial charge is 0.107 e. The Bertz CT molecular complexity index is 858. The summed E-state index contributed by atoms with van der Waals surface area (Å²) in [6.45, 7) is 0. The highest BCUT2D eigenvalue weighted by Gasteiger charge is 1.95. The molecule has 3 heteroatoms. The highest BCUT2D eigenvalue weighted by Crippen LogP contribution is 2.27. The van der Waals surface area contributed by atoms with Crippen molar-refractivity contribution in [1.82, 2.24) is 0 Å². The Morgan fingerprint density at radius 2 is 0.815 bits per heavy atom. The predicted molar refractivity (Wildman–Crippen MR) is 129 cm³/mol. The summed E-state index contributed by atoms with van der Waals surface area (Å²) in [6, 6.07) is 38.9. The quantitative estimate of drug-likeness (QED) is 0.253. The van der Waals surface area contributed by atoms with Gasteiger partial charge in [-0.25, -0.2) is 0 Å². The first-order valence-corrected chi connectivity index (χ1v) is 9.60. The molecular formula is C24H20ClIS. The average Bonchev–Trinajstić information content (AvgIpc) is 2.72. The van der Waals surface area contributed by atoms with Crippen molar-refractivity contribution in [2.75, 3.05) is 0 Å². The second-order valence-corrected chi connectivity index (χ2v) is 7.18. The van der Waals surface area contributed by atoms with E-state index in [2.05, 4.69) is 60.7 Å². The molecule has 0 aliphatic rings. The summed E-state index contributed by atoms with van der Waals surface area (Å²) in [5, 5.41) is 0.780. The van der Waals surface area contributed by atoms with Crippen molar-refractivity contribution in [3.05, 3.63) is 120 Å². The van der Waals surface area contributed by atoms with Gasteiger partial charge in [0.05, 0.1) is 0 Å². The molecule has 136 valence electrons. The number of hydrogen-bond acceptors (Lipinski definition) is 1. The Hall–Kier alpha value is -1.75. The van der Waals surface area contributed by atoms with Crippen LogP contribution in [0.3, 0.4) is 0 Å². The standard InChI is InChI=1S/C12H9ClS.C12H10.HI/c13-10-6-8-12(9-7-10)14-11-4-2-1-3-5-11;1-3-7-11(8-4-1)12-9-5-2-6-10-12;/h1-9H;1-10H;1H. The van der Waals surface area contributed by atoms with Gasteiger partial charge in [0.1, 0.15) is 0 Å². The normalized spacial score (nSPS) is 9.52. The van der Waals surface area contributed by atoms with Crippen molar-refractivity contribution < 1.29 is 0 Å². The number of hydrogen-bond donors (Lipinski definition) is 0. The third kappa shape index (κ3) is 7.41. The summed E-state index contributed by atoms with van der Waals surface area (Å²) in [5.74, 6) is 0. The molecule has 0 bridgehead atoms. The minimum atomic E-state index is 0. The van der Waals surface area contributed by atoms with Crippen LogP contribution in [0.25, 0.3) is 11.1 Å². The van der Waals surface area contributed by atoms with Gasteiger partial charge in [-0.15, -0.1) is 24.0 Å². The molecule has 0 aromatic heterocycles. The van der Waals surface area contributed by atoms with Crippen LogP contribution in [0.2, 0.25) is 5.02 Å². The first kappa shape index (κ1) is 21.5. The van der Waals surface area contributed by atoms with Gasteiger partial charge in [0.25, 0.3) is 0 Å². The summed E-state index contributed by atoms with van der Waals surface area (Å²) >= 11 is 7.54. The second-order valence-electron chi connectivity index (χ2n) is 5.60. The van der Waals surface area contributed by atoms with Crippen LogP contribution in [0.1, 0.15) is 0 Å². The lowest BCUT2D eigenvalue weighted by molar-refractivity contribution is 1.41. The highest BCUT2D eigenvalue weighted by atomic mass is 127. The SMILES string of the molecule is Clc1ccc(Sc2ccccc2)cc1.I.c1ccc(-c2ccccc2)cc1. The number of halogens is 2. The molecule has 0 saturated heterocycles. The smallest absolute Gasteiger partial charge is 0.0406 e. The Morgan fingerprint density at radius 1 is 0.444 bits per heavy atom. The van der Waals surface area contributed by atoms with Crippen molar-refractivity contribution in [1.29, 1.82) is 0 Å². The fraction of sp³-hybridized carbons (Fsp3) is 0. The molecule has 0 saturated carbocycles. The monoisotopic (exact) mass is 502 g/mol. The first-order chi connectivity index (χ1) is 12.8. The maximum Gasteiger partial charge on any atom is 0.0406 e. The van der Waals surface area contributed by atoms with Crippen LogP contribution in [0.5, 0.6) is 0 Å². The van der Waals surface area contributed by atoms with Gasteiger partial charge in [-0.1, -0.05) is 102 Å². The minimum absolute atomic E-state index is 0. The zero-order valence-electron chi connectivity index (χ0n) is 14.7. The maximum absolute atomic E-state index is 5.81. The Kier molecular flexibility index (Phi) is 9.46. The van der Waals surface area contributed by atoms with E-state index in [0.717, 1.165) is 5.02 Å². The first-order valence-electron chi connectivity index (χ1n) is 8.40. The summed E-state index contributed by atoms with van der Waals surface area (Å²) in [5.41, 5.74) is 2.55. The molecule has 0 N–H and O–H groups in total. The highest BCUT2D eigenvalue weighted by molar-refractivity contribution is 14.0. The molecule has 0 spiro atoms. The van der Waals surface area contributed by atoms with Crippen LogP contribution in [0.15, 0.2) is 125 Å². The zero-order chi connectivity index (χ0) is 18.0. The van der Waals surface area contributed by atoms with Crippen LogP contribution in [0.4, 0.5) is 0 Å². The number of benzene rings is 4. The van der Waals surface area contributed by atoms with Crippen LogP contribution in [0, 0.1) is 0 Å².